The van der Waals surface area contributed by atoms with Gasteiger partial charge in [0.25, 0.3) is 6.18 Å². The molecule has 0 amide bonds. The molecule has 34 heavy (non-hydrogen) atoms. The minimum absolute atomic E-state index is 0.146. The zero-order valence-electron chi connectivity index (χ0n) is 20.0. The Hall–Kier alpha value is -2.76. The monoisotopic (exact) mass is 505 g/mol. The van der Waals surface area contributed by atoms with Crippen molar-refractivity contribution in [3.63, 3.8) is 0 Å². The average Bonchev–Trinajstić information content (AvgIpc) is 2.80. The van der Waals surface area contributed by atoms with Crippen LogP contribution in [-0.4, -0.2) is 12.5 Å². The third-order valence-corrected chi connectivity index (χ3v) is 4.56. The topological polar surface area (TPSA) is 29.4 Å². The van der Waals surface area contributed by atoms with Crippen molar-refractivity contribution in [3.05, 3.63) is 115 Å². The molecule has 0 N–H and O–H groups in total. The Morgan fingerprint density at radius 3 is 1.24 bits per heavy atom. The van der Waals surface area contributed by atoms with Crippen LogP contribution in [0.4, 0.5) is 18.9 Å². The molecule has 6 heteroatoms. The van der Waals surface area contributed by atoms with Gasteiger partial charge in [-0.15, -0.1) is 24.3 Å². The van der Waals surface area contributed by atoms with Gasteiger partial charge in [-0.2, -0.15) is 55.5 Å². The average molecular weight is 506 g/mol. The van der Waals surface area contributed by atoms with Crippen LogP contribution in [0.1, 0.15) is 61.8 Å². The van der Waals surface area contributed by atoms with Gasteiger partial charge >= 0.3 is 95.6 Å². The molecule has 0 saturated heterocycles. The SMILES string of the molecule is CC(C)c1cccc(C(C)C)c1[N]=[V].O=[C-]C(F)(F)F.[CH2-]c1ccccc1.[CH2-]c1ccccc1. The Balaban J connectivity index is 0.000000461. The number of nitrogens with zero attached hydrogens (tertiary/aromatic N) is 1. The molecular weight excluding hydrogens is 474 g/mol. The van der Waals surface area contributed by atoms with E-state index in [9.17, 15) is 13.2 Å². The number of hydrogen-bond donors (Lipinski definition) is 0. The molecule has 0 spiro atoms. The van der Waals surface area contributed by atoms with Gasteiger partial charge in [0.15, 0.2) is 0 Å². The number of carbonyl (C=O) groups excluding carboxylic acids is 1. The number of hydrogen-bond acceptors (Lipinski definition) is 2. The van der Waals surface area contributed by atoms with E-state index in [4.69, 9.17) is 4.79 Å². The van der Waals surface area contributed by atoms with E-state index in [1.165, 1.54) is 11.1 Å². The van der Waals surface area contributed by atoms with Crippen molar-refractivity contribution >= 4 is 12.0 Å². The largest absolute Gasteiger partial charge is 0.533 e. The maximum absolute atomic E-state index is 10.4. The fourth-order valence-electron chi connectivity index (χ4n) is 2.58. The summed E-state index contributed by atoms with van der Waals surface area (Å²) in [6, 6.07) is 26.2. The van der Waals surface area contributed by atoms with Crippen molar-refractivity contribution in [2.24, 2.45) is 3.79 Å². The number of benzene rings is 3. The van der Waals surface area contributed by atoms with Crippen LogP contribution in [0.3, 0.4) is 0 Å². The van der Waals surface area contributed by atoms with E-state index in [1.807, 2.05) is 60.7 Å². The van der Waals surface area contributed by atoms with E-state index in [2.05, 4.69) is 80.8 Å². The van der Waals surface area contributed by atoms with E-state index >= 15 is 0 Å². The molecule has 0 heterocycles. The summed E-state index contributed by atoms with van der Waals surface area (Å²) in [4.78, 5) is 8.58. The number of rotatable bonds is 3. The van der Waals surface area contributed by atoms with Crippen LogP contribution in [0, 0.1) is 13.8 Å². The first-order valence-electron chi connectivity index (χ1n) is 10.6. The quantitative estimate of drug-likeness (QED) is 0.328. The van der Waals surface area contributed by atoms with Gasteiger partial charge in [-0.25, -0.2) is 13.2 Å². The molecule has 3 rings (SSSR count). The fraction of sp³-hybridized carbons (Fsp3) is 0.250. The summed E-state index contributed by atoms with van der Waals surface area (Å²) >= 11 is 2.33. The molecule has 0 aliphatic heterocycles. The number of halogens is 3. The first kappa shape index (κ1) is 31.2. The summed E-state index contributed by atoms with van der Waals surface area (Å²) in [7, 11) is 0. The predicted octanol–water partition coefficient (Wildman–Crippen LogP) is 8.69. The van der Waals surface area contributed by atoms with Crippen molar-refractivity contribution < 1.29 is 35.2 Å². The molecule has 0 bridgehead atoms. The van der Waals surface area contributed by atoms with E-state index in [-0.39, 0.29) is 6.29 Å². The second kappa shape index (κ2) is 16.8. The first-order chi connectivity index (χ1) is 15.9. The molecule has 0 radical (unpaired) electrons. The summed E-state index contributed by atoms with van der Waals surface area (Å²) in [5.74, 6) is 1.08. The molecule has 0 aromatic heterocycles. The van der Waals surface area contributed by atoms with Gasteiger partial charge in [0.2, 0.25) is 0 Å². The maximum Gasteiger partial charge on any atom is 0.298 e. The molecule has 0 saturated carbocycles. The van der Waals surface area contributed by atoms with Crippen molar-refractivity contribution in [2.75, 3.05) is 0 Å². The van der Waals surface area contributed by atoms with E-state index in [0.29, 0.717) is 11.8 Å². The molecule has 0 unspecified atom stereocenters. The molecule has 0 atom stereocenters. The Labute approximate surface area is 211 Å². The Kier molecular flexibility index (Phi) is 15.4. The molecule has 3 aromatic carbocycles. The van der Waals surface area contributed by atoms with Gasteiger partial charge in [-0.1, -0.05) is 12.1 Å². The summed E-state index contributed by atoms with van der Waals surface area (Å²) in [5.41, 5.74) is 6.00. The maximum atomic E-state index is 10.4. The molecule has 0 aliphatic rings. The molecule has 2 nitrogen and oxygen atoms in total. The predicted molar refractivity (Wildman–Crippen MR) is 130 cm³/mol. The minimum Gasteiger partial charge on any atom is -0.533 e. The van der Waals surface area contributed by atoms with Gasteiger partial charge in [-0.05, 0) is 0 Å². The molecular formula is C28H31F3NOV-3. The van der Waals surface area contributed by atoms with E-state index in [0.717, 1.165) is 16.8 Å². The van der Waals surface area contributed by atoms with Gasteiger partial charge in [-0.3, -0.25) is 0 Å². The smallest absolute Gasteiger partial charge is 0.298 e. The van der Waals surface area contributed by atoms with Gasteiger partial charge in [0.05, 0.1) is 0 Å². The minimum atomic E-state index is -4.76. The zero-order valence-corrected chi connectivity index (χ0v) is 21.4. The normalized spacial score (nSPS) is 10.0. The standard InChI is InChI=1S/C12H17N.2C7H7.C2F3O.V/c1-8(2)10-6-5-7-11(9(3)4)12(10)13;2*1-7-5-3-2-4-6-7;3-2(4,5)1-6;/h5-9H,1-4H3;2*2-6H,1H2;;/q;3*-1;. The van der Waals surface area contributed by atoms with Crippen LogP contribution >= 0.6 is 0 Å². The third kappa shape index (κ3) is 14.4. The molecule has 0 fully saturated rings. The van der Waals surface area contributed by atoms with E-state index in [1.54, 1.807) is 0 Å². The van der Waals surface area contributed by atoms with Crippen LogP contribution in [0.2, 0.25) is 0 Å². The van der Waals surface area contributed by atoms with E-state index < -0.39 is 6.18 Å². The number of alkyl halides is 3. The summed E-state index contributed by atoms with van der Waals surface area (Å²) in [5, 5.41) is 0. The summed E-state index contributed by atoms with van der Waals surface area (Å²) in [6.07, 6.45) is -4.91. The van der Waals surface area contributed by atoms with Crippen molar-refractivity contribution in [1.29, 1.82) is 0 Å². The Bertz CT molecular complexity index is 893. The Morgan fingerprint density at radius 1 is 0.735 bits per heavy atom. The van der Waals surface area contributed by atoms with Crippen LogP contribution in [0.5, 0.6) is 0 Å². The summed E-state index contributed by atoms with van der Waals surface area (Å²) in [6.45, 7) is 16.3. The van der Waals surface area contributed by atoms with Crippen molar-refractivity contribution in [2.45, 2.75) is 45.7 Å². The van der Waals surface area contributed by atoms with Crippen LogP contribution in [0.15, 0.2) is 82.7 Å². The summed E-state index contributed by atoms with van der Waals surface area (Å²) < 4.78 is 35.4. The van der Waals surface area contributed by atoms with Gasteiger partial charge in [0.1, 0.15) is 0 Å². The molecule has 0 aliphatic carbocycles. The Morgan fingerprint density at radius 2 is 1.06 bits per heavy atom. The third-order valence-electron chi connectivity index (χ3n) is 4.24. The molecule has 183 valence electrons. The zero-order chi connectivity index (χ0) is 26.1. The van der Waals surface area contributed by atoms with Crippen molar-refractivity contribution in [1.82, 2.24) is 0 Å². The molecule has 3 aromatic rings. The van der Waals surface area contributed by atoms with Crippen LogP contribution in [0.25, 0.3) is 0 Å². The van der Waals surface area contributed by atoms with Crippen LogP contribution in [-0.2, 0) is 22.0 Å². The van der Waals surface area contributed by atoms with Crippen LogP contribution < -0.4 is 0 Å². The first-order valence-corrected chi connectivity index (χ1v) is 11.2. The van der Waals surface area contributed by atoms with Gasteiger partial charge < -0.3 is 4.79 Å². The second-order valence-corrected chi connectivity index (χ2v) is 8.08. The fourth-order valence-corrected chi connectivity index (χ4v) is 2.94. The van der Waals surface area contributed by atoms with Crippen molar-refractivity contribution in [3.8, 4) is 0 Å². The van der Waals surface area contributed by atoms with Gasteiger partial charge in [0, 0.05) is 0 Å². The second-order valence-electron chi connectivity index (χ2n) is 7.77.